The normalized spacial score (nSPS) is 19.7. The summed E-state index contributed by atoms with van der Waals surface area (Å²) in [6, 6.07) is 2.10. The van der Waals surface area contributed by atoms with Crippen LogP contribution >= 0.6 is 11.6 Å². The van der Waals surface area contributed by atoms with Gasteiger partial charge in [-0.3, -0.25) is 0 Å². The van der Waals surface area contributed by atoms with E-state index in [1.54, 1.807) is 0 Å². The Bertz CT molecular complexity index is 483. The van der Waals surface area contributed by atoms with Crippen molar-refractivity contribution in [2.45, 2.75) is 31.6 Å². The molecule has 2 N–H and O–H groups in total. The first-order valence-corrected chi connectivity index (χ1v) is 6.91. The second kappa shape index (κ2) is 4.32. The molecular weight excluding hydrogens is 250 g/mol. The molecule has 0 radical (unpaired) electrons. The third-order valence-electron chi connectivity index (χ3n) is 4.05. The van der Waals surface area contributed by atoms with Crippen molar-refractivity contribution < 1.29 is 9.47 Å². The number of halogens is 1. The number of ether oxygens (including phenoxy) is 2. The molecule has 1 fully saturated rings. The van der Waals surface area contributed by atoms with Gasteiger partial charge in [0.25, 0.3) is 0 Å². The molecular formula is C14H18ClNO2. The summed E-state index contributed by atoms with van der Waals surface area (Å²) in [6.07, 6.45) is 3.19. The Balaban J connectivity index is 2.16. The summed E-state index contributed by atoms with van der Waals surface area (Å²) in [7, 11) is 0. The van der Waals surface area contributed by atoms with Crippen LogP contribution in [0.3, 0.4) is 0 Å². The van der Waals surface area contributed by atoms with Crippen LogP contribution in [0.2, 0.25) is 5.02 Å². The summed E-state index contributed by atoms with van der Waals surface area (Å²) in [5, 5.41) is 0.712. The van der Waals surface area contributed by atoms with Crippen molar-refractivity contribution in [1.29, 1.82) is 0 Å². The van der Waals surface area contributed by atoms with Gasteiger partial charge in [-0.2, -0.15) is 0 Å². The van der Waals surface area contributed by atoms with Gasteiger partial charge in [-0.05, 0) is 36.5 Å². The number of fused-ring (bicyclic) bond motifs is 1. The van der Waals surface area contributed by atoms with Crippen molar-refractivity contribution in [1.82, 2.24) is 0 Å². The topological polar surface area (TPSA) is 44.5 Å². The Kier molecular flexibility index (Phi) is 2.91. The highest BCUT2D eigenvalue weighted by atomic mass is 35.5. The predicted octanol–water partition coefficient (Wildman–Crippen LogP) is 2.66. The van der Waals surface area contributed by atoms with Gasteiger partial charge >= 0.3 is 0 Å². The molecule has 0 amide bonds. The molecule has 3 rings (SSSR count). The average Bonchev–Trinajstić information content (AvgIpc) is 3.20. The van der Waals surface area contributed by atoms with Crippen LogP contribution in [0.4, 0.5) is 0 Å². The molecule has 98 valence electrons. The first-order valence-electron chi connectivity index (χ1n) is 6.53. The largest absolute Gasteiger partial charge is 0.486 e. The van der Waals surface area contributed by atoms with Gasteiger partial charge < -0.3 is 15.2 Å². The SMILES string of the molecule is CCc1c(C2(CN)CC2)cc2c(c1Cl)OCCO2. The molecule has 0 spiro atoms. The van der Waals surface area contributed by atoms with Gasteiger partial charge in [0.2, 0.25) is 0 Å². The molecule has 1 aliphatic heterocycles. The van der Waals surface area contributed by atoms with E-state index in [0.717, 1.165) is 25.0 Å². The maximum Gasteiger partial charge on any atom is 0.180 e. The van der Waals surface area contributed by atoms with E-state index >= 15 is 0 Å². The Morgan fingerprint density at radius 3 is 2.67 bits per heavy atom. The predicted molar refractivity (Wildman–Crippen MR) is 71.8 cm³/mol. The summed E-state index contributed by atoms with van der Waals surface area (Å²) < 4.78 is 11.3. The second-order valence-corrected chi connectivity index (χ2v) is 5.46. The molecule has 0 atom stereocenters. The van der Waals surface area contributed by atoms with Crippen molar-refractivity contribution in [2.75, 3.05) is 19.8 Å². The quantitative estimate of drug-likeness (QED) is 0.916. The Labute approximate surface area is 112 Å². The third kappa shape index (κ3) is 1.69. The van der Waals surface area contributed by atoms with Crippen molar-refractivity contribution >= 4 is 11.6 Å². The lowest BCUT2D eigenvalue weighted by atomic mass is 9.89. The van der Waals surface area contributed by atoms with Crippen molar-refractivity contribution in [3.8, 4) is 11.5 Å². The highest BCUT2D eigenvalue weighted by molar-refractivity contribution is 6.33. The van der Waals surface area contributed by atoms with Crippen molar-refractivity contribution in [3.05, 3.63) is 22.2 Å². The number of nitrogens with two attached hydrogens (primary N) is 1. The van der Waals surface area contributed by atoms with E-state index < -0.39 is 0 Å². The summed E-state index contributed by atoms with van der Waals surface area (Å²) >= 11 is 6.48. The molecule has 1 aromatic rings. The van der Waals surface area contributed by atoms with E-state index in [9.17, 15) is 0 Å². The van der Waals surface area contributed by atoms with E-state index in [0.29, 0.717) is 30.5 Å². The molecule has 1 aromatic carbocycles. The Morgan fingerprint density at radius 1 is 1.33 bits per heavy atom. The van der Waals surface area contributed by atoms with Gasteiger partial charge in [-0.15, -0.1) is 0 Å². The van der Waals surface area contributed by atoms with Gasteiger partial charge in [-0.1, -0.05) is 18.5 Å². The minimum absolute atomic E-state index is 0.130. The Morgan fingerprint density at radius 2 is 2.06 bits per heavy atom. The smallest absolute Gasteiger partial charge is 0.180 e. The van der Waals surface area contributed by atoms with Gasteiger partial charge in [0.15, 0.2) is 11.5 Å². The zero-order valence-electron chi connectivity index (χ0n) is 10.6. The highest BCUT2D eigenvalue weighted by Crippen LogP contribution is 2.53. The molecule has 1 heterocycles. The molecule has 3 nitrogen and oxygen atoms in total. The van der Waals surface area contributed by atoms with Crippen LogP contribution in [0, 0.1) is 0 Å². The minimum atomic E-state index is 0.130. The Hall–Kier alpha value is -0.930. The van der Waals surface area contributed by atoms with E-state index in [2.05, 4.69) is 13.0 Å². The van der Waals surface area contributed by atoms with E-state index in [1.165, 1.54) is 11.1 Å². The monoisotopic (exact) mass is 267 g/mol. The molecule has 0 saturated heterocycles. The molecule has 4 heteroatoms. The maximum atomic E-state index is 6.48. The van der Waals surface area contributed by atoms with Gasteiger partial charge in [0, 0.05) is 12.0 Å². The van der Waals surface area contributed by atoms with Gasteiger partial charge in [0.1, 0.15) is 13.2 Å². The van der Waals surface area contributed by atoms with Crippen LogP contribution in [-0.2, 0) is 11.8 Å². The highest BCUT2D eigenvalue weighted by Gasteiger charge is 2.45. The zero-order valence-corrected chi connectivity index (χ0v) is 11.3. The van der Waals surface area contributed by atoms with Crippen LogP contribution in [0.5, 0.6) is 11.5 Å². The summed E-state index contributed by atoms with van der Waals surface area (Å²) in [5.74, 6) is 1.48. The molecule has 2 aliphatic rings. The minimum Gasteiger partial charge on any atom is -0.486 e. The second-order valence-electron chi connectivity index (χ2n) is 5.08. The van der Waals surface area contributed by atoms with Crippen molar-refractivity contribution in [3.63, 3.8) is 0 Å². The van der Waals surface area contributed by atoms with Crippen LogP contribution in [-0.4, -0.2) is 19.8 Å². The maximum absolute atomic E-state index is 6.48. The lowest BCUT2D eigenvalue weighted by Gasteiger charge is -2.25. The van der Waals surface area contributed by atoms with Gasteiger partial charge in [0.05, 0.1) is 5.02 Å². The number of rotatable bonds is 3. The average molecular weight is 268 g/mol. The summed E-state index contributed by atoms with van der Waals surface area (Å²) in [5.41, 5.74) is 8.50. The van der Waals surface area contributed by atoms with Crippen LogP contribution in [0.1, 0.15) is 30.9 Å². The fourth-order valence-electron chi connectivity index (χ4n) is 2.74. The fraction of sp³-hybridized carbons (Fsp3) is 0.571. The number of benzene rings is 1. The lowest BCUT2D eigenvalue weighted by molar-refractivity contribution is 0.171. The molecule has 1 aliphatic carbocycles. The number of hydrogen-bond acceptors (Lipinski definition) is 3. The van der Waals surface area contributed by atoms with Crippen LogP contribution < -0.4 is 15.2 Å². The zero-order chi connectivity index (χ0) is 12.8. The van der Waals surface area contributed by atoms with Crippen molar-refractivity contribution in [2.24, 2.45) is 5.73 Å². The summed E-state index contributed by atoms with van der Waals surface area (Å²) in [6.45, 7) is 3.95. The first kappa shape index (κ1) is 12.1. The standard InChI is InChI=1S/C14H18ClNO2/c1-2-9-10(14(8-16)3-4-14)7-11-13(12(9)15)18-6-5-17-11/h7H,2-6,8,16H2,1H3. The molecule has 1 saturated carbocycles. The van der Waals surface area contributed by atoms with E-state index in [4.69, 9.17) is 26.8 Å². The van der Waals surface area contributed by atoms with E-state index in [-0.39, 0.29) is 5.41 Å². The molecule has 0 bridgehead atoms. The number of hydrogen-bond donors (Lipinski definition) is 1. The lowest BCUT2D eigenvalue weighted by Crippen LogP contribution is -2.23. The van der Waals surface area contributed by atoms with Gasteiger partial charge in [-0.25, -0.2) is 0 Å². The fourth-order valence-corrected chi connectivity index (χ4v) is 3.12. The van der Waals surface area contributed by atoms with Crippen LogP contribution in [0.15, 0.2) is 6.07 Å². The molecule has 18 heavy (non-hydrogen) atoms. The molecule has 0 unspecified atom stereocenters. The van der Waals surface area contributed by atoms with Crippen LogP contribution in [0.25, 0.3) is 0 Å². The summed E-state index contributed by atoms with van der Waals surface area (Å²) in [4.78, 5) is 0. The molecule has 0 aromatic heterocycles. The van der Waals surface area contributed by atoms with E-state index in [1.807, 2.05) is 0 Å². The third-order valence-corrected chi connectivity index (χ3v) is 4.44. The first-order chi connectivity index (χ1) is 8.72.